The number of aliphatic hydroxyl groups excluding tert-OH is 1. The van der Waals surface area contributed by atoms with E-state index in [0.717, 1.165) is 52.4 Å². The maximum Gasteiger partial charge on any atom is 0.0623 e. The van der Waals surface area contributed by atoms with Gasteiger partial charge in [0.1, 0.15) is 0 Å². The van der Waals surface area contributed by atoms with Gasteiger partial charge in [-0.05, 0) is 31.6 Å². The Hall–Kier alpha value is -0.200. The highest BCUT2D eigenvalue weighted by Gasteiger charge is 2.38. The van der Waals surface area contributed by atoms with Crippen molar-refractivity contribution in [1.29, 1.82) is 0 Å². The van der Waals surface area contributed by atoms with Gasteiger partial charge in [0.15, 0.2) is 0 Å². The van der Waals surface area contributed by atoms with Gasteiger partial charge in [-0.15, -0.1) is 0 Å². The molecule has 2 heterocycles. The molecule has 0 amide bonds. The number of nitrogens with one attached hydrogen (secondary N) is 2. The molecule has 21 heavy (non-hydrogen) atoms. The lowest BCUT2D eigenvalue weighted by atomic mass is 9.83. The molecule has 0 aromatic carbocycles. The number of aliphatic hydroxyl groups is 1. The monoisotopic (exact) mass is 298 g/mol. The fourth-order valence-electron chi connectivity index (χ4n) is 4.24. The van der Waals surface area contributed by atoms with Crippen molar-refractivity contribution in [2.24, 2.45) is 11.3 Å². The number of morpholine rings is 1. The van der Waals surface area contributed by atoms with Crippen LogP contribution in [0.5, 0.6) is 0 Å². The Morgan fingerprint density at radius 1 is 1.24 bits per heavy atom. The van der Waals surface area contributed by atoms with E-state index < -0.39 is 0 Å². The minimum atomic E-state index is 0.151. The fraction of sp³-hybridized carbons (Fsp3) is 1.00. The van der Waals surface area contributed by atoms with Crippen molar-refractivity contribution < 1.29 is 14.6 Å². The second-order valence-corrected chi connectivity index (χ2v) is 6.99. The van der Waals surface area contributed by atoms with E-state index in [1.165, 1.54) is 19.3 Å². The van der Waals surface area contributed by atoms with Gasteiger partial charge in [0.25, 0.3) is 0 Å². The number of hydrogen-bond acceptors (Lipinski definition) is 5. The second kappa shape index (κ2) is 7.38. The van der Waals surface area contributed by atoms with Crippen molar-refractivity contribution in [3.8, 4) is 0 Å². The quantitative estimate of drug-likeness (QED) is 0.667. The Labute approximate surface area is 127 Å². The molecule has 0 radical (unpaired) electrons. The molecule has 1 aliphatic carbocycles. The minimum Gasteiger partial charge on any atom is -0.396 e. The summed E-state index contributed by atoms with van der Waals surface area (Å²) in [6.45, 7) is 5.55. The average molecular weight is 298 g/mol. The third kappa shape index (κ3) is 3.77. The topological polar surface area (TPSA) is 62.8 Å². The first-order valence-electron chi connectivity index (χ1n) is 8.56. The van der Waals surface area contributed by atoms with E-state index in [1.54, 1.807) is 0 Å². The number of rotatable bonds is 6. The Balaban J connectivity index is 1.53. The highest BCUT2D eigenvalue weighted by Crippen LogP contribution is 2.34. The first-order valence-corrected chi connectivity index (χ1v) is 8.56. The van der Waals surface area contributed by atoms with Gasteiger partial charge >= 0.3 is 0 Å². The van der Waals surface area contributed by atoms with Crippen molar-refractivity contribution in [2.45, 2.75) is 44.2 Å². The van der Waals surface area contributed by atoms with Gasteiger partial charge in [-0.3, -0.25) is 0 Å². The molecule has 3 fully saturated rings. The average Bonchev–Trinajstić information content (AvgIpc) is 3.16. The summed E-state index contributed by atoms with van der Waals surface area (Å²) in [7, 11) is 0. The molecule has 0 spiro atoms. The van der Waals surface area contributed by atoms with Crippen LogP contribution in [-0.2, 0) is 9.47 Å². The van der Waals surface area contributed by atoms with Crippen molar-refractivity contribution >= 4 is 0 Å². The summed E-state index contributed by atoms with van der Waals surface area (Å²) in [5, 5.41) is 16.8. The largest absolute Gasteiger partial charge is 0.396 e. The lowest BCUT2D eigenvalue weighted by Gasteiger charge is -2.35. The summed E-state index contributed by atoms with van der Waals surface area (Å²) in [4.78, 5) is 0. The van der Waals surface area contributed by atoms with E-state index in [0.29, 0.717) is 18.0 Å². The van der Waals surface area contributed by atoms with E-state index in [1.807, 2.05) is 0 Å². The maximum absolute atomic E-state index is 9.33. The van der Waals surface area contributed by atoms with Gasteiger partial charge in [0.2, 0.25) is 0 Å². The van der Waals surface area contributed by atoms with Crippen LogP contribution in [0.4, 0.5) is 0 Å². The third-order valence-corrected chi connectivity index (χ3v) is 5.60. The zero-order valence-electron chi connectivity index (χ0n) is 13.0. The smallest absolute Gasteiger partial charge is 0.0623 e. The van der Waals surface area contributed by atoms with Gasteiger partial charge in [0, 0.05) is 43.8 Å². The van der Waals surface area contributed by atoms with Gasteiger partial charge in [0.05, 0.1) is 19.8 Å². The maximum atomic E-state index is 9.33. The molecule has 0 aromatic rings. The van der Waals surface area contributed by atoms with Crippen LogP contribution in [0.25, 0.3) is 0 Å². The Kier molecular flexibility index (Phi) is 5.51. The molecule has 5 nitrogen and oxygen atoms in total. The molecule has 3 N–H and O–H groups in total. The van der Waals surface area contributed by atoms with Gasteiger partial charge in [-0.1, -0.05) is 6.42 Å². The number of ether oxygens (including phenoxy) is 2. The Morgan fingerprint density at radius 3 is 2.90 bits per heavy atom. The molecule has 0 bridgehead atoms. The Bertz CT molecular complexity index is 315. The van der Waals surface area contributed by atoms with Crippen LogP contribution in [0.2, 0.25) is 0 Å². The molecular formula is C16H30N2O3. The molecule has 3 aliphatic rings. The van der Waals surface area contributed by atoms with E-state index >= 15 is 0 Å². The second-order valence-electron chi connectivity index (χ2n) is 6.99. The molecule has 4 unspecified atom stereocenters. The van der Waals surface area contributed by atoms with Crippen LogP contribution in [0.1, 0.15) is 32.1 Å². The molecule has 5 heteroatoms. The van der Waals surface area contributed by atoms with Crippen molar-refractivity contribution in [3.63, 3.8) is 0 Å². The summed E-state index contributed by atoms with van der Waals surface area (Å²) in [5.74, 6) is 0.679. The highest BCUT2D eigenvalue weighted by atomic mass is 16.5. The van der Waals surface area contributed by atoms with Crippen molar-refractivity contribution in [3.05, 3.63) is 0 Å². The van der Waals surface area contributed by atoms with Crippen LogP contribution < -0.4 is 10.6 Å². The summed E-state index contributed by atoms with van der Waals surface area (Å²) >= 11 is 0. The SMILES string of the molecule is OCCC1(CNC2CCCC2C2COCCN2)CCOC1. The standard InChI is InChI=1S/C16H30N2O3/c19-7-4-16(5-8-21-12-16)11-18-14-3-1-2-13(14)15-10-20-9-6-17-15/h13-15,17-19H,1-12H2. The normalized spacial score (nSPS) is 40.7. The summed E-state index contributed by atoms with van der Waals surface area (Å²) in [6.07, 6.45) is 5.79. The van der Waals surface area contributed by atoms with Crippen LogP contribution in [0.3, 0.4) is 0 Å². The third-order valence-electron chi connectivity index (χ3n) is 5.60. The lowest BCUT2D eigenvalue weighted by Crippen LogP contribution is -2.52. The van der Waals surface area contributed by atoms with Gasteiger partial charge in [-0.2, -0.15) is 0 Å². The van der Waals surface area contributed by atoms with Crippen LogP contribution in [-0.4, -0.2) is 63.3 Å². The molecule has 0 aromatic heterocycles. The first kappa shape index (κ1) is 15.7. The molecule has 2 aliphatic heterocycles. The van der Waals surface area contributed by atoms with E-state index in [-0.39, 0.29) is 12.0 Å². The molecule has 122 valence electrons. The summed E-state index contributed by atoms with van der Waals surface area (Å²) in [6, 6.07) is 1.09. The summed E-state index contributed by atoms with van der Waals surface area (Å²) < 4.78 is 11.2. The molecular weight excluding hydrogens is 268 g/mol. The molecule has 1 saturated carbocycles. The minimum absolute atomic E-state index is 0.151. The zero-order chi connectivity index (χ0) is 14.5. The summed E-state index contributed by atoms with van der Waals surface area (Å²) in [5.41, 5.74) is 0.151. The lowest BCUT2D eigenvalue weighted by molar-refractivity contribution is 0.0506. The molecule has 4 atom stereocenters. The van der Waals surface area contributed by atoms with Crippen molar-refractivity contribution in [1.82, 2.24) is 10.6 Å². The molecule has 2 saturated heterocycles. The highest BCUT2D eigenvalue weighted by molar-refractivity contribution is 4.94. The first-order chi connectivity index (χ1) is 10.3. The fourth-order valence-corrected chi connectivity index (χ4v) is 4.24. The van der Waals surface area contributed by atoms with Crippen LogP contribution in [0.15, 0.2) is 0 Å². The predicted molar refractivity (Wildman–Crippen MR) is 81.3 cm³/mol. The van der Waals surface area contributed by atoms with E-state index in [4.69, 9.17) is 9.47 Å². The predicted octanol–water partition coefficient (Wildman–Crippen LogP) is 0.522. The Morgan fingerprint density at radius 2 is 2.19 bits per heavy atom. The molecule has 3 rings (SSSR count). The van der Waals surface area contributed by atoms with Crippen LogP contribution in [0, 0.1) is 11.3 Å². The van der Waals surface area contributed by atoms with Crippen molar-refractivity contribution in [2.75, 3.05) is 46.1 Å². The van der Waals surface area contributed by atoms with Crippen LogP contribution >= 0.6 is 0 Å². The van der Waals surface area contributed by atoms with Gasteiger partial charge < -0.3 is 25.2 Å². The van der Waals surface area contributed by atoms with Gasteiger partial charge in [-0.25, -0.2) is 0 Å². The van der Waals surface area contributed by atoms with E-state index in [2.05, 4.69) is 10.6 Å². The number of hydrogen-bond donors (Lipinski definition) is 3. The van der Waals surface area contributed by atoms with E-state index in [9.17, 15) is 5.11 Å². The zero-order valence-corrected chi connectivity index (χ0v) is 13.0.